The quantitative estimate of drug-likeness (QED) is 0.657. The number of nitrogens with zero attached hydrogens (tertiary/aromatic N) is 1. The lowest BCUT2D eigenvalue weighted by Crippen LogP contribution is -1.95. The van der Waals surface area contributed by atoms with E-state index >= 15 is 0 Å². The van der Waals surface area contributed by atoms with Gasteiger partial charge in [-0.25, -0.2) is 4.79 Å². The van der Waals surface area contributed by atoms with Crippen LogP contribution in [0.2, 0.25) is 0 Å². The van der Waals surface area contributed by atoms with E-state index < -0.39 is 10.9 Å². The van der Waals surface area contributed by atoms with Crippen LogP contribution in [0.1, 0.15) is 10.4 Å². The SMILES string of the molecule is O=C(O)c1ccc(Sc2ccc([N+](=O)[O-])cc2)c(Br)c1. The second-order valence-corrected chi connectivity index (χ2v) is 5.77. The summed E-state index contributed by atoms with van der Waals surface area (Å²) in [7, 11) is 0. The first kappa shape index (κ1) is 14.5. The van der Waals surface area contributed by atoms with Crippen molar-refractivity contribution in [2.45, 2.75) is 9.79 Å². The lowest BCUT2D eigenvalue weighted by atomic mass is 10.2. The minimum absolute atomic E-state index is 0.0367. The Morgan fingerprint density at radius 3 is 2.35 bits per heavy atom. The summed E-state index contributed by atoms with van der Waals surface area (Å²) in [5, 5.41) is 19.4. The molecule has 7 heteroatoms. The van der Waals surface area contributed by atoms with E-state index in [1.807, 2.05) is 0 Å². The Kier molecular flexibility index (Phi) is 4.41. The van der Waals surface area contributed by atoms with Gasteiger partial charge in [0.25, 0.3) is 5.69 Å². The molecule has 0 radical (unpaired) electrons. The molecule has 0 aliphatic rings. The fourth-order valence-electron chi connectivity index (χ4n) is 1.48. The zero-order chi connectivity index (χ0) is 14.7. The molecule has 0 unspecified atom stereocenters. The largest absolute Gasteiger partial charge is 0.478 e. The summed E-state index contributed by atoms with van der Waals surface area (Å²) in [5.74, 6) is -0.988. The molecule has 0 amide bonds. The zero-order valence-electron chi connectivity index (χ0n) is 9.95. The van der Waals surface area contributed by atoms with Crippen LogP contribution in [0, 0.1) is 10.1 Å². The van der Waals surface area contributed by atoms with E-state index in [-0.39, 0.29) is 11.3 Å². The van der Waals surface area contributed by atoms with Gasteiger partial charge in [-0.2, -0.15) is 0 Å². The number of carboxylic acid groups (broad SMARTS) is 1. The highest BCUT2D eigenvalue weighted by molar-refractivity contribution is 9.10. The van der Waals surface area contributed by atoms with E-state index in [1.54, 1.807) is 18.2 Å². The number of non-ortho nitro benzene ring substituents is 1. The van der Waals surface area contributed by atoms with Crippen molar-refractivity contribution in [1.29, 1.82) is 0 Å². The number of nitro groups is 1. The molecule has 0 aromatic heterocycles. The predicted octanol–water partition coefficient (Wildman–Crippen LogP) is 4.21. The molecule has 0 spiro atoms. The van der Waals surface area contributed by atoms with Gasteiger partial charge in [0.2, 0.25) is 0 Å². The molecular weight excluding hydrogens is 346 g/mol. The monoisotopic (exact) mass is 353 g/mol. The van der Waals surface area contributed by atoms with Gasteiger partial charge in [-0.15, -0.1) is 0 Å². The standard InChI is InChI=1S/C13H8BrNO4S/c14-11-7-8(13(16)17)1-6-12(11)20-10-4-2-9(3-5-10)15(18)19/h1-7H,(H,16,17). The van der Waals surface area contributed by atoms with E-state index in [0.29, 0.717) is 4.47 Å². The normalized spacial score (nSPS) is 10.2. The third kappa shape index (κ3) is 3.37. The predicted molar refractivity (Wildman–Crippen MR) is 78.3 cm³/mol. The van der Waals surface area contributed by atoms with Gasteiger partial charge in [0, 0.05) is 26.4 Å². The second kappa shape index (κ2) is 6.06. The maximum absolute atomic E-state index is 10.8. The number of hydrogen-bond acceptors (Lipinski definition) is 4. The van der Waals surface area contributed by atoms with Gasteiger partial charge in [0.15, 0.2) is 0 Å². The summed E-state index contributed by atoms with van der Waals surface area (Å²) in [6.07, 6.45) is 0. The van der Waals surface area contributed by atoms with Gasteiger partial charge < -0.3 is 5.11 Å². The molecule has 1 N–H and O–H groups in total. The fourth-order valence-corrected chi connectivity index (χ4v) is 2.92. The molecule has 5 nitrogen and oxygen atoms in total. The number of benzene rings is 2. The van der Waals surface area contributed by atoms with Crippen molar-refractivity contribution in [3.05, 3.63) is 62.6 Å². The molecule has 0 atom stereocenters. The number of carbonyl (C=O) groups is 1. The van der Waals surface area contributed by atoms with Crippen LogP contribution in [-0.2, 0) is 0 Å². The first-order valence-corrected chi connectivity index (χ1v) is 7.03. The molecule has 2 aromatic rings. The number of aromatic carboxylic acids is 1. The smallest absolute Gasteiger partial charge is 0.335 e. The van der Waals surface area contributed by atoms with Crippen LogP contribution in [-0.4, -0.2) is 16.0 Å². The van der Waals surface area contributed by atoms with Gasteiger partial charge in [-0.3, -0.25) is 10.1 Å². The highest BCUT2D eigenvalue weighted by atomic mass is 79.9. The molecule has 0 aliphatic carbocycles. The Balaban J connectivity index is 2.21. The molecule has 0 fully saturated rings. The molecule has 0 aliphatic heterocycles. The minimum Gasteiger partial charge on any atom is -0.478 e. The lowest BCUT2D eigenvalue weighted by molar-refractivity contribution is -0.384. The number of halogens is 1. The van der Waals surface area contributed by atoms with Crippen molar-refractivity contribution in [2.24, 2.45) is 0 Å². The van der Waals surface area contributed by atoms with Crippen LogP contribution in [0.3, 0.4) is 0 Å². The average Bonchev–Trinajstić information content (AvgIpc) is 2.41. The first-order chi connectivity index (χ1) is 9.47. The minimum atomic E-state index is -0.988. The number of nitro benzene ring substituents is 1. The number of rotatable bonds is 4. The molecule has 2 aromatic carbocycles. The van der Waals surface area contributed by atoms with E-state index in [1.165, 1.54) is 36.0 Å². The lowest BCUT2D eigenvalue weighted by Gasteiger charge is -2.05. The highest BCUT2D eigenvalue weighted by Gasteiger charge is 2.09. The molecule has 2 rings (SSSR count). The van der Waals surface area contributed by atoms with Crippen LogP contribution < -0.4 is 0 Å². The first-order valence-electron chi connectivity index (χ1n) is 5.42. The summed E-state index contributed by atoms with van der Waals surface area (Å²) in [5.41, 5.74) is 0.236. The zero-order valence-corrected chi connectivity index (χ0v) is 12.3. The van der Waals surface area contributed by atoms with Crippen LogP contribution >= 0.6 is 27.7 Å². The Hall–Kier alpha value is -1.86. The van der Waals surface area contributed by atoms with Crippen molar-refractivity contribution in [3.63, 3.8) is 0 Å². The van der Waals surface area contributed by atoms with Gasteiger partial charge in [-0.1, -0.05) is 11.8 Å². The van der Waals surface area contributed by atoms with Gasteiger partial charge >= 0.3 is 5.97 Å². The van der Waals surface area contributed by atoms with E-state index in [2.05, 4.69) is 15.9 Å². The van der Waals surface area contributed by atoms with Gasteiger partial charge in [0.1, 0.15) is 0 Å². The van der Waals surface area contributed by atoms with Crippen molar-refractivity contribution < 1.29 is 14.8 Å². The fraction of sp³-hybridized carbons (Fsp3) is 0. The Morgan fingerprint density at radius 2 is 1.85 bits per heavy atom. The second-order valence-electron chi connectivity index (χ2n) is 3.80. The molecular formula is C13H8BrNO4S. The maximum atomic E-state index is 10.8. The van der Waals surface area contributed by atoms with Crippen molar-refractivity contribution in [1.82, 2.24) is 0 Å². The Bertz CT molecular complexity index is 673. The highest BCUT2D eigenvalue weighted by Crippen LogP contribution is 2.34. The topological polar surface area (TPSA) is 80.4 Å². The summed E-state index contributed by atoms with van der Waals surface area (Å²) in [4.78, 5) is 22.6. The summed E-state index contributed by atoms with van der Waals surface area (Å²) in [6, 6.07) is 10.9. The van der Waals surface area contributed by atoms with E-state index in [9.17, 15) is 14.9 Å². The summed E-state index contributed by atoms with van der Waals surface area (Å²) in [6.45, 7) is 0. The van der Waals surface area contributed by atoms with Gasteiger partial charge in [0.05, 0.1) is 10.5 Å². The Morgan fingerprint density at radius 1 is 1.20 bits per heavy atom. The van der Waals surface area contributed by atoms with Crippen LogP contribution in [0.5, 0.6) is 0 Å². The van der Waals surface area contributed by atoms with E-state index in [0.717, 1.165) is 9.79 Å². The molecule has 20 heavy (non-hydrogen) atoms. The third-order valence-corrected chi connectivity index (χ3v) is 4.46. The number of carboxylic acids is 1. The molecule has 0 heterocycles. The third-order valence-electron chi connectivity index (χ3n) is 2.45. The van der Waals surface area contributed by atoms with Crippen LogP contribution in [0.15, 0.2) is 56.7 Å². The van der Waals surface area contributed by atoms with E-state index in [4.69, 9.17) is 5.11 Å². The van der Waals surface area contributed by atoms with Crippen LogP contribution in [0.25, 0.3) is 0 Å². The summed E-state index contributed by atoms with van der Waals surface area (Å²) >= 11 is 4.71. The van der Waals surface area contributed by atoms with Crippen LogP contribution in [0.4, 0.5) is 5.69 Å². The molecule has 0 saturated carbocycles. The molecule has 0 saturated heterocycles. The van der Waals surface area contributed by atoms with Gasteiger partial charge in [-0.05, 0) is 46.3 Å². The van der Waals surface area contributed by atoms with Crippen molar-refractivity contribution in [2.75, 3.05) is 0 Å². The Labute approximate surface area is 126 Å². The maximum Gasteiger partial charge on any atom is 0.335 e. The number of hydrogen-bond donors (Lipinski definition) is 1. The molecule has 102 valence electrons. The van der Waals surface area contributed by atoms with Crippen molar-refractivity contribution >= 4 is 39.3 Å². The van der Waals surface area contributed by atoms with Crippen molar-refractivity contribution in [3.8, 4) is 0 Å². The average molecular weight is 354 g/mol. The molecule has 0 bridgehead atoms. The summed E-state index contributed by atoms with van der Waals surface area (Å²) < 4.78 is 0.667.